The lowest BCUT2D eigenvalue weighted by atomic mass is 10.2. The van der Waals surface area contributed by atoms with Gasteiger partial charge < -0.3 is 14.8 Å². The number of esters is 1. The first kappa shape index (κ1) is 20.1. The molecule has 0 atom stereocenters. The van der Waals surface area contributed by atoms with Gasteiger partial charge >= 0.3 is 5.97 Å². The summed E-state index contributed by atoms with van der Waals surface area (Å²) in [6.07, 6.45) is 1.41. The number of ether oxygens (including phenoxy) is 2. The molecule has 0 aliphatic carbocycles. The summed E-state index contributed by atoms with van der Waals surface area (Å²) in [5.41, 5.74) is 3.00. The molecule has 0 aliphatic heterocycles. The topological polar surface area (TPSA) is 95.3 Å². The van der Waals surface area contributed by atoms with Gasteiger partial charge in [-0.15, -0.1) is 0 Å². The van der Waals surface area contributed by atoms with Gasteiger partial charge in [0.25, 0.3) is 5.91 Å². The molecule has 1 amide bonds. The molecule has 0 saturated carbocycles. The monoisotopic (exact) mass is 394 g/mol. The quantitative estimate of drug-likeness (QED) is 0.618. The third-order valence-electron chi connectivity index (χ3n) is 4.19. The van der Waals surface area contributed by atoms with Gasteiger partial charge in [0.2, 0.25) is 0 Å². The average molecular weight is 394 g/mol. The van der Waals surface area contributed by atoms with Crippen LogP contribution in [0.15, 0.2) is 48.7 Å². The highest BCUT2D eigenvalue weighted by Gasteiger charge is 2.12. The lowest BCUT2D eigenvalue weighted by Crippen LogP contribution is -2.28. The van der Waals surface area contributed by atoms with Crippen molar-refractivity contribution in [1.82, 2.24) is 20.1 Å². The van der Waals surface area contributed by atoms with E-state index in [1.807, 2.05) is 44.2 Å². The molecule has 0 unspecified atom stereocenters. The summed E-state index contributed by atoms with van der Waals surface area (Å²) >= 11 is 0. The molecule has 1 aromatic carbocycles. The molecule has 3 aromatic rings. The van der Waals surface area contributed by atoms with Crippen LogP contribution in [0.5, 0.6) is 5.75 Å². The van der Waals surface area contributed by atoms with E-state index in [1.54, 1.807) is 23.9 Å². The minimum Gasteiger partial charge on any atom is -0.497 e. The lowest BCUT2D eigenvalue weighted by Gasteiger charge is -2.08. The van der Waals surface area contributed by atoms with E-state index < -0.39 is 5.97 Å². The Balaban J connectivity index is 1.49. The fourth-order valence-electron chi connectivity index (χ4n) is 2.70. The van der Waals surface area contributed by atoms with Crippen LogP contribution in [-0.4, -0.2) is 40.4 Å². The van der Waals surface area contributed by atoms with Crippen molar-refractivity contribution in [3.8, 4) is 11.6 Å². The van der Waals surface area contributed by atoms with Gasteiger partial charge in [-0.05, 0) is 49.7 Å². The first-order valence-corrected chi connectivity index (χ1v) is 9.02. The molecule has 1 N–H and O–H groups in total. The summed E-state index contributed by atoms with van der Waals surface area (Å²) in [5.74, 6) is 0.342. The van der Waals surface area contributed by atoms with E-state index in [2.05, 4.69) is 15.4 Å². The maximum Gasteiger partial charge on any atom is 0.340 e. The molecule has 8 nitrogen and oxygen atoms in total. The molecule has 0 aliphatic rings. The van der Waals surface area contributed by atoms with Crippen molar-refractivity contribution in [3.63, 3.8) is 0 Å². The molecule has 3 rings (SSSR count). The second-order valence-electron chi connectivity index (χ2n) is 6.44. The van der Waals surface area contributed by atoms with E-state index in [9.17, 15) is 9.59 Å². The normalized spacial score (nSPS) is 10.4. The Labute approximate surface area is 168 Å². The number of methoxy groups -OCH3 is 1. The zero-order valence-corrected chi connectivity index (χ0v) is 16.5. The third-order valence-corrected chi connectivity index (χ3v) is 4.19. The highest BCUT2D eigenvalue weighted by atomic mass is 16.5. The van der Waals surface area contributed by atoms with Crippen LogP contribution < -0.4 is 10.1 Å². The van der Waals surface area contributed by atoms with E-state index >= 15 is 0 Å². The van der Waals surface area contributed by atoms with Gasteiger partial charge in [-0.2, -0.15) is 5.10 Å². The standard InChI is InChI=1S/C21H22N4O4/c1-14-10-15(2)25(24-14)19-9-6-17(12-22-19)21(27)29-13-20(26)23-11-16-4-7-18(28-3)8-5-16/h4-10,12H,11,13H2,1-3H3,(H,23,26). The Morgan fingerprint density at radius 1 is 1.10 bits per heavy atom. The largest absolute Gasteiger partial charge is 0.497 e. The number of hydrogen-bond donors (Lipinski definition) is 1. The average Bonchev–Trinajstić information content (AvgIpc) is 3.08. The van der Waals surface area contributed by atoms with Crippen molar-refractivity contribution >= 4 is 11.9 Å². The Bertz CT molecular complexity index is 995. The number of hydrogen-bond acceptors (Lipinski definition) is 6. The van der Waals surface area contributed by atoms with Crippen molar-refractivity contribution in [3.05, 3.63) is 71.2 Å². The molecule has 8 heteroatoms. The zero-order chi connectivity index (χ0) is 20.8. The molecule has 0 bridgehead atoms. The minimum atomic E-state index is -0.614. The van der Waals surface area contributed by atoms with Gasteiger partial charge in [0, 0.05) is 18.4 Å². The van der Waals surface area contributed by atoms with Gasteiger partial charge in [0.15, 0.2) is 12.4 Å². The van der Waals surface area contributed by atoms with Gasteiger partial charge in [0.05, 0.1) is 18.4 Å². The minimum absolute atomic E-state index is 0.262. The predicted molar refractivity (Wildman–Crippen MR) is 106 cm³/mol. The molecule has 0 fully saturated rings. The number of nitrogens with one attached hydrogen (secondary N) is 1. The van der Waals surface area contributed by atoms with E-state index in [0.29, 0.717) is 12.4 Å². The summed E-state index contributed by atoms with van der Waals surface area (Å²) in [5, 5.41) is 7.05. The fourth-order valence-corrected chi connectivity index (χ4v) is 2.70. The molecule has 0 spiro atoms. The summed E-state index contributed by atoms with van der Waals surface area (Å²) < 4.78 is 11.8. The van der Waals surface area contributed by atoms with Gasteiger partial charge in [-0.3, -0.25) is 4.79 Å². The van der Waals surface area contributed by atoms with Gasteiger partial charge in [0.1, 0.15) is 5.75 Å². The van der Waals surface area contributed by atoms with Crippen molar-refractivity contribution < 1.29 is 19.1 Å². The lowest BCUT2D eigenvalue weighted by molar-refractivity contribution is -0.124. The number of pyridine rings is 1. The molecular weight excluding hydrogens is 372 g/mol. The number of carbonyl (C=O) groups is 2. The molecule has 0 saturated heterocycles. The van der Waals surface area contributed by atoms with Gasteiger partial charge in [-0.25, -0.2) is 14.5 Å². The molecule has 150 valence electrons. The fraction of sp³-hybridized carbons (Fsp3) is 0.238. The number of amides is 1. The number of carbonyl (C=O) groups excluding carboxylic acids is 2. The highest BCUT2D eigenvalue weighted by molar-refractivity contribution is 5.91. The van der Waals surface area contributed by atoms with Crippen LogP contribution in [0, 0.1) is 13.8 Å². The number of aryl methyl sites for hydroxylation is 2. The van der Waals surface area contributed by atoms with Crippen molar-refractivity contribution in [2.75, 3.05) is 13.7 Å². The van der Waals surface area contributed by atoms with E-state index in [-0.39, 0.29) is 18.1 Å². The second-order valence-corrected chi connectivity index (χ2v) is 6.44. The van der Waals surface area contributed by atoms with Crippen LogP contribution in [-0.2, 0) is 16.1 Å². The molecular formula is C21H22N4O4. The van der Waals surface area contributed by atoms with E-state index in [1.165, 1.54) is 6.20 Å². The first-order valence-electron chi connectivity index (χ1n) is 9.02. The summed E-state index contributed by atoms with van der Waals surface area (Å²) in [4.78, 5) is 28.3. The smallest absolute Gasteiger partial charge is 0.340 e. The molecule has 2 heterocycles. The van der Waals surface area contributed by atoms with Crippen LogP contribution in [0.25, 0.3) is 5.82 Å². The van der Waals surface area contributed by atoms with Crippen LogP contribution >= 0.6 is 0 Å². The van der Waals surface area contributed by atoms with Crippen LogP contribution in [0.2, 0.25) is 0 Å². The van der Waals surface area contributed by atoms with Crippen molar-refractivity contribution in [2.45, 2.75) is 20.4 Å². The highest BCUT2D eigenvalue weighted by Crippen LogP contribution is 2.12. The van der Waals surface area contributed by atoms with Crippen molar-refractivity contribution in [1.29, 1.82) is 0 Å². The van der Waals surface area contributed by atoms with Crippen LogP contribution in [0.4, 0.5) is 0 Å². The molecule has 0 radical (unpaired) electrons. The first-order chi connectivity index (χ1) is 14.0. The van der Waals surface area contributed by atoms with Crippen LogP contribution in [0.1, 0.15) is 27.3 Å². The number of aromatic nitrogens is 3. The maximum atomic E-state index is 12.1. The predicted octanol–water partition coefficient (Wildman–Crippen LogP) is 2.37. The third kappa shape index (κ3) is 5.19. The van der Waals surface area contributed by atoms with Crippen LogP contribution in [0.3, 0.4) is 0 Å². The zero-order valence-electron chi connectivity index (χ0n) is 16.5. The van der Waals surface area contributed by atoms with E-state index in [4.69, 9.17) is 9.47 Å². The number of nitrogens with zero attached hydrogens (tertiary/aromatic N) is 3. The molecule has 2 aromatic heterocycles. The van der Waals surface area contributed by atoms with E-state index in [0.717, 1.165) is 22.7 Å². The molecule has 29 heavy (non-hydrogen) atoms. The Morgan fingerprint density at radius 3 is 2.45 bits per heavy atom. The maximum absolute atomic E-state index is 12.1. The Hall–Kier alpha value is -3.68. The summed E-state index contributed by atoms with van der Waals surface area (Å²) in [7, 11) is 1.59. The Kier molecular flexibility index (Phi) is 6.23. The van der Waals surface area contributed by atoms with Crippen molar-refractivity contribution in [2.24, 2.45) is 0 Å². The number of benzene rings is 1. The summed E-state index contributed by atoms with van der Waals surface area (Å²) in [6.45, 7) is 3.79. The SMILES string of the molecule is COc1ccc(CNC(=O)COC(=O)c2ccc(-n3nc(C)cc3C)nc2)cc1. The summed E-state index contributed by atoms with van der Waals surface area (Å²) in [6, 6.07) is 12.5. The van der Waals surface area contributed by atoms with Gasteiger partial charge in [-0.1, -0.05) is 12.1 Å². The second kappa shape index (κ2) is 9.01. The Morgan fingerprint density at radius 2 is 1.86 bits per heavy atom. The number of rotatable bonds is 7.